The van der Waals surface area contributed by atoms with E-state index in [0.29, 0.717) is 25.9 Å². The minimum atomic E-state index is -3.11. The van der Waals surface area contributed by atoms with Gasteiger partial charge in [-0.15, -0.1) is 0 Å². The molecule has 7 heteroatoms. The summed E-state index contributed by atoms with van der Waals surface area (Å²) in [6, 6.07) is -0.474. The van der Waals surface area contributed by atoms with Gasteiger partial charge in [0.15, 0.2) is 0 Å². The first-order chi connectivity index (χ1) is 8.77. The van der Waals surface area contributed by atoms with Crippen LogP contribution in [0.25, 0.3) is 0 Å². The predicted molar refractivity (Wildman–Crippen MR) is 75.0 cm³/mol. The summed E-state index contributed by atoms with van der Waals surface area (Å²) in [7, 11) is -3.11. The predicted octanol–water partition coefficient (Wildman–Crippen LogP) is -0.1000. The Labute approximate surface area is 115 Å². The molecule has 3 N–H and O–H groups in total. The Hall–Kier alpha value is -0.660. The third kappa shape index (κ3) is 4.43. The van der Waals surface area contributed by atoms with Crippen LogP contribution in [0.4, 0.5) is 0 Å². The number of carbonyl (C=O) groups is 1. The molecule has 0 aromatic rings. The molecule has 6 nitrogen and oxygen atoms in total. The fourth-order valence-electron chi connectivity index (χ4n) is 2.06. The molecule has 1 heterocycles. The second-order valence-electron chi connectivity index (χ2n) is 5.35. The SMILES string of the molecule is CCS(=O)(=O)N1CCC(NC(=O)[C@@H](N)C(C)C)CC1. The molecule has 1 aliphatic heterocycles. The Kier molecular flexibility index (Phi) is 5.76. The zero-order valence-corrected chi connectivity index (χ0v) is 12.7. The molecule has 0 unspecified atom stereocenters. The molecule has 1 amide bonds. The third-order valence-corrected chi connectivity index (χ3v) is 5.46. The summed E-state index contributed by atoms with van der Waals surface area (Å²) < 4.78 is 24.9. The molecular weight excluding hydrogens is 266 g/mol. The van der Waals surface area contributed by atoms with Crippen molar-refractivity contribution in [3.63, 3.8) is 0 Å². The molecule has 1 atom stereocenters. The molecular formula is C12H25N3O3S. The van der Waals surface area contributed by atoms with E-state index in [1.54, 1.807) is 6.92 Å². The summed E-state index contributed by atoms with van der Waals surface area (Å²) in [5.74, 6) is 0.0785. The molecule has 1 fully saturated rings. The first kappa shape index (κ1) is 16.4. The average Bonchev–Trinajstić information content (AvgIpc) is 2.38. The lowest BCUT2D eigenvalue weighted by atomic mass is 10.0. The second-order valence-corrected chi connectivity index (χ2v) is 7.61. The maximum Gasteiger partial charge on any atom is 0.237 e. The van der Waals surface area contributed by atoms with Crippen molar-refractivity contribution in [1.29, 1.82) is 0 Å². The fraction of sp³-hybridized carbons (Fsp3) is 0.917. The van der Waals surface area contributed by atoms with Crippen molar-refractivity contribution in [3.05, 3.63) is 0 Å². The Morgan fingerprint density at radius 1 is 1.37 bits per heavy atom. The van der Waals surface area contributed by atoms with Gasteiger partial charge in [-0.3, -0.25) is 4.79 Å². The maximum absolute atomic E-state index is 11.8. The van der Waals surface area contributed by atoms with Crippen LogP contribution in [0.2, 0.25) is 0 Å². The summed E-state index contributed by atoms with van der Waals surface area (Å²) in [6.45, 7) is 6.39. The number of piperidine rings is 1. The molecule has 0 aromatic carbocycles. The lowest BCUT2D eigenvalue weighted by Gasteiger charge is -2.32. The van der Waals surface area contributed by atoms with E-state index in [1.807, 2.05) is 13.8 Å². The fourth-order valence-corrected chi connectivity index (χ4v) is 3.19. The minimum Gasteiger partial charge on any atom is -0.352 e. The number of amides is 1. The monoisotopic (exact) mass is 291 g/mol. The minimum absolute atomic E-state index is 0.0283. The van der Waals surface area contributed by atoms with Gasteiger partial charge in [0, 0.05) is 19.1 Å². The van der Waals surface area contributed by atoms with Crippen LogP contribution >= 0.6 is 0 Å². The quantitative estimate of drug-likeness (QED) is 0.740. The van der Waals surface area contributed by atoms with Crippen LogP contribution in [0.5, 0.6) is 0 Å². The lowest BCUT2D eigenvalue weighted by molar-refractivity contribution is -0.124. The van der Waals surface area contributed by atoms with Gasteiger partial charge in [0.25, 0.3) is 0 Å². The zero-order chi connectivity index (χ0) is 14.6. The maximum atomic E-state index is 11.8. The molecule has 0 aliphatic carbocycles. The largest absolute Gasteiger partial charge is 0.352 e. The number of nitrogens with one attached hydrogen (secondary N) is 1. The van der Waals surface area contributed by atoms with Crippen LogP contribution in [-0.4, -0.2) is 49.6 Å². The molecule has 1 aliphatic rings. The van der Waals surface area contributed by atoms with Crippen molar-refractivity contribution >= 4 is 15.9 Å². The molecule has 0 saturated carbocycles. The van der Waals surface area contributed by atoms with E-state index >= 15 is 0 Å². The van der Waals surface area contributed by atoms with Crippen molar-refractivity contribution in [2.75, 3.05) is 18.8 Å². The Bertz CT molecular complexity index is 400. The lowest BCUT2D eigenvalue weighted by Crippen LogP contribution is -2.51. The average molecular weight is 291 g/mol. The zero-order valence-electron chi connectivity index (χ0n) is 11.9. The molecule has 0 spiro atoms. The van der Waals surface area contributed by atoms with Gasteiger partial charge in [0.2, 0.25) is 15.9 Å². The van der Waals surface area contributed by atoms with Gasteiger partial charge in [0.1, 0.15) is 0 Å². The van der Waals surface area contributed by atoms with Gasteiger partial charge >= 0.3 is 0 Å². The van der Waals surface area contributed by atoms with Gasteiger partial charge in [-0.25, -0.2) is 12.7 Å². The molecule has 0 radical (unpaired) electrons. The Balaban J connectivity index is 2.45. The molecule has 0 bridgehead atoms. The van der Waals surface area contributed by atoms with Crippen LogP contribution < -0.4 is 11.1 Å². The first-order valence-corrected chi connectivity index (χ1v) is 8.42. The van der Waals surface area contributed by atoms with E-state index in [0.717, 1.165) is 0 Å². The Morgan fingerprint density at radius 3 is 2.32 bits per heavy atom. The number of rotatable bonds is 5. The van der Waals surface area contributed by atoms with Crippen molar-refractivity contribution < 1.29 is 13.2 Å². The van der Waals surface area contributed by atoms with Gasteiger partial charge in [-0.2, -0.15) is 0 Å². The third-order valence-electron chi connectivity index (χ3n) is 3.58. The van der Waals surface area contributed by atoms with Crippen LogP contribution in [-0.2, 0) is 14.8 Å². The summed E-state index contributed by atoms with van der Waals surface area (Å²) in [5, 5.41) is 2.90. The Morgan fingerprint density at radius 2 is 1.89 bits per heavy atom. The van der Waals surface area contributed by atoms with Crippen LogP contribution in [0, 0.1) is 5.92 Å². The van der Waals surface area contributed by atoms with Crippen molar-refractivity contribution in [1.82, 2.24) is 9.62 Å². The van der Waals surface area contributed by atoms with E-state index in [2.05, 4.69) is 5.32 Å². The summed E-state index contributed by atoms with van der Waals surface area (Å²) in [6.07, 6.45) is 1.30. The topological polar surface area (TPSA) is 92.5 Å². The highest BCUT2D eigenvalue weighted by molar-refractivity contribution is 7.89. The number of carbonyl (C=O) groups excluding carboxylic acids is 1. The summed E-state index contributed by atoms with van der Waals surface area (Å²) >= 11 is 0. The summed E-state index contributed by atoms with van der Waals surface area (Å²) in [5.41, 5.74) is 5.78. The molecule has 19 heavy (non-hydrogen) atoms. The van der Waals surface area contributed by atoms with Gasteiger partial charge in [-0.1, -0.05) is 13.8 Å². The van der Waals surface area contributed by atoms with Crippen LogP contribution in [0.1, 0.15) is 33.6 Å². The van der Waals surface area contributed by atoms with Crippen molar-refractivity contribution in [2.24, 2.45) is 11.7 Å². The number of nitrogens with two attached hydrogens (primary N) is 1. The van der Waals surface area contributed by atoms with Crippen molar-refractivity contribution in [3.8, 4) is 0 Å². The highest BCUT2D eigenvalue weighted by atomic mass is 32.2. The van der Waals surface area contributed by atoms with Crippen molar-refractivity contribution in [2.45, 2.75) is 45.7 Å². The highest BCUT2D eigenvalue weighted by Gasteiger charge is 2.28. The number of hydrogen-bond acceptors (Lipinski definition) is 4. The van der Waals surface area contributed by atoms with E-state index in [9.17, 15) is 13.2 Å². The van der Waals surface area contributed by atoms with E-state index < -0.39 is 16.1 Å². The smallest absolute Gasteiger partial charge is 0.237 e. The standard InChI is InChI=1S/C12H25N3O3S/c1-4-19(17,18)15-7-5-10(6-8-15)14-12(16)11(13)9(2)3/h9-11H,4-8,13H2,1-3H3,(H,14,16)/t11-/m0/s1. The molecule has 1 rings (SSSR count). The summed E-state index contributed by atoms with van der Waals surface area (Å²) in [4.78, 5) is 11.8. The number of sulfonamides is 1. The van der Waals surface area contributed by atoms with Crippen LogP contribution in [0.15, 0.2) is 0 Å². The van der Waals surface area contributed by atoms with Gasteiger partial charge < -0.3 is 11.1 Å². The highest BCUT2D eigenvalue weighted by Crippen LogP contribution is 2.14. The second kappa shape index (κ2) is 6.67. The number of nitrogens with zero attached hydrogens (tertiary/aromatic N) is 1. The van der Waals surface area contributed by atoms with Crippen LogP contribution in [0.3, 0.4) is 0 Å². The van der Waals surface area contributed by atoms with E-state index in [4.69, 9.17) is 5.73 Å². The number of hydrogen-bond donors (Lipinski definition) is 2. The van der Waals surface area contributed by atoms with Gasteiger partial charge in [-0.05, 0) is 25.7 Å². The first-order valence-electron chi connectivity index (χ1n) is 6.81. The van der Waals surface area contributed by atoms with E-state index in [-0.39, 0.29) is 23.6 Å². The van der Waals surface area contributed by atoms with Gasteiger partial charge in [0.05, 0.1) is 11.8 Å². The van der Waals surface area contributed by atoms with E-state index in [1.165, 1.54) is 4.31 Å². The molecule has 112 valence electrons. The molecule has 1 saturated heterocycles. The normalized spacial score (nSPS) is 20.5. The molecule has 0 aromatic heterocycles.